The van der Waals surface area contributed by atoms with Crippen LogP contribution < -0.4 is 10.1 Å². The molecule has 9 heteroatoms. The molecule has 0 atom stereocenters. The van der Waals surface area contributed by atoms with Gasteiger partial charge in [0.25, 0.3) is 0 Å². The van der Waals surface area contributed by atoms with Crippen molar-refractivity contribution < 1.29 is 9.13 Å². The zero-order valence-corrected chi connectivity index (χ0v) is 18.8. The molecule has 1 N–H and O–H groups in total. The van der Waals surface area contributed by atoms with Gasteiger partial charge in [0.15, 0.2) is 17.5 Å². The maximum atomic E-state index is 14.0. The van der Waals surface area contributed by atoms with Crippen molar-refractivity contribution in [3.63, 3.8) is 0 Å². The Morgan fingerprint density at radius 1 is 1.23 bits per heavy atom. The van der Waals surface area contributed by atoms with E-state index in [1.165, 1.54) is 7.11 Å². The summed E-state index contributed by atoms with van der Waals surface area (Å²) in [6, 6.07) is 5.19. The number of aliphatic imine (C=N–C) groups is 1. The van der Waals surface area contributed by atoms with E-state index in [-0.39, 0.29) is 11.6 Å². The topological polar surface area (TPSA) is 70.8 Å². The Hall–Kier alpha value is -2.68. The molecule has 0 aliphatic carbocycles. The third-order valence-electron chi connectivity index (χ3n) is 5.43. The van der Waals surface area contributed by atoms with Crippen LogP contribution in [-0.2, 0) is 19.5 Å². The number of methoxy groups -OCH3 is 1. The minimum absolute atomic E-state index is 0.286. The standard InChI is InChI=1S/C22H34FN7O/c1-4-8-24-22(25-9-10-30-17-26-27-21(30)5-2)29-13-11-28(12-14-29)16-18-6-7-20(31-3)19(23)15-18/h6-7,15,17H,4-5,8-14,16H2,1-3H3,(H,24,25). The number of nitrogens with zero attached hydrogens (tertiary/aromatic N) is 6. The molecule has 1 aliphatic rings. The Morgan fingerprint density at radius 3 is 2.71 bits per heavy atom. The number of aromatic nitrogens is 3. The summed E-state index contributed by atoms with van der Waals surface area (Å²) >= 11 is 0. The number of piperazine rings is 1. The van der Waals surface area contributed by atoms with Crippen LogP contribution in [-0.4, -0.2) is 76.9 Å². The highest BCUT2D eigenvalue weighted by molar-refractivity contribution is 5.80. The van der Waals surface area contributed by atoms with Gasteiger partial charge in [0.2, 0.25) is 0 Å². The molecule has 0 spiro atoms. The summed E-state index contributed by atoms with van der Waals surface area (Å²) in [5, 5.41) is 11.7. The van der Waals surface area contributed by atoms with E-state index in [1.807, 2.05) is 6.07 Å². The summed E-state index contributed by atoms with van der Waals surface area (Å²) in [6.07, 6.45) is 3.67. The summed E-state index contributed by atoms with van der Waals surface area (Å²) in [5.74, 6) is 1.94. The molecule has 1 saturated heterocycles. The van der Waals surface area contributed by atoms with E-state index in [4.69, 9.17) is 9.73 Å². The first-order chi connectivity index (χ1) is 15.1. The van der Waals surface area contributed by atoms with Gasteiger partial charge in [0, 0.05) is 58.8 Å². The number of aryl methyl sites for hydroxylation is 1. The number of ether oxygens (including phenoxy) is 1. The Morgan fingerprint density at radius 2 is 2.03 bits per heavy atom. The maximum absolute atomic E-state index is 14.0. The molecule has 1 aromatic heterocycles. The SMILES string of the molecule is CCCN=C(NCCn1cnnc1CC)N1CCN(Cc2ccc(OC)c(F)c2)CC1. The molecule has 1 aromatic carbocycles. The number of hydrogen-bond acceptors (Lipinski definition) is 5. The zero-order valence-electron chi connectivity index (χ0n) is 18.8. The monoisotopic (exact) mass is 431 g/mol. The molecular weight excluding hydrogens is 397 g/mol. The van der Waals surface area contributed by atoms with Crippen molar-refractivity contribution >= 4 is 5.96 Å². The molecule has 2 heterocycles. The second kappa shape index (κ2) is 11.6. The fourth-order valence-electron chi connectivity index (χ4n) is 3.70. The molecule has 170 valence electrons. The molecule has 0 saturated carbocycles. The highest BCUT2D eigenvalue weighted by Gasteiger charge is 2.20. The molecule has 3 rings (SSSR count). The normalized spacial score (nSPS) is 15.4. The quantitative estimate of drug-likeness (QED) is 0.485. The first-order valence-corrected chi connectivity index (χ1v) is 11.1. The third kappa shape index (κ3) is 6.40. The van der Waals surface area contributed by atoms with E-state index in [1.54, 1.807) is 18.5 Å². The Balaban J connectivity index is 1.51. The van der Waals surface area contributed by atoms with E-state index in [9.17, 15) is 4.39 Å². The summed E-state index contributed by atoms with van der Waals surface area (Å²) in [5.41, 5.74) is 0.963. The van der Waals surface area contributed by atoms with E-state index in [0.29, 0.717) is 0 Å². The van der Waals surface area contributed by atoms with Crippen LogP contribution in [0.25, 0.3) is 0 Å². The van der Waals surface area contributed by atoms with Gasteiger partial charge >= 0.3 is 0 Å². The van der Waals surface area contributed by atoms with Crippen molar-refractivity contribution in [3.05, 3.63) is 41.7 Å². The van der Waals surface area contributed by atoms with Crippen molar-refractivity contribution in [1.29, 1.82) is 0 Å². The van der Waals surface area contributed by atoms with Gasteiger partial charge in [-0.2, -0.15) is 0 Å². The van der Waals surface area contributed by atoms with Gasteiger partial charge in [0.1, 0.15) is 12.2 Å². The summed E-state index contributed by atoms with van der Waals surface area (Å²) < 4.78 is 21.1. The van der Waals surface area contributed by atoms with Gasteiger partial charge in [-0.3, -0.25) is 9.89 Å². The van der Waals surface area contributed by atoms with Crippen LogP contribution in [0.5, 0.6) is 5.75 Å². The van der Waals surface area contributed by atoms with Crippen molar-refractivity contribution in [1.82, 2.24) is 29.9 Å². The van der Waals surface area contributed by atoms with Gasteiger partial charge < -0.3 is 19.5 Å². The summed E-state index contributed by atoms with van der Waals surface area (Å²) in [6.45, 7) is 10.9. The second-order valence-corrected chi connectivity index (χ2v) is 7.66. The van der Waals surface area contributed by atoms with Crippen LogP contribution in [0.4, 0.5) is 4.39 Å². The fraction of sp³-hybridized carbons (Fsp3) is 0.591. The lowest BCUT2D eigenvalue weighted by molar-refractivity contribution is 0.172. The van der Waals surface area contributed by atoms with E-state index in [2.05, 4.69) is 43.7 Å². The minimum atomic E-state index is -0.309. The fourth-order valence-corrected chi connectivity index (χ4v) is 3.70. The molecule has 0 unspecified atom stereocenters. The largest absolute Gasteiger partial charge is 0.494 e. The van der Waals surface area contributed by atoms with Crippen molar-refractivity contribution in [2.45, 2.75) is 39.8 Å². The zero-order chi connectivity index (χ0) is 22.1. The average Bonchev–Trinajstić information content (AvgIpc) is 3.24. The highest BCUT2D eigenvalue weighted by Crippen LogP contribution is 2.19. The van der Waals surface area contributed by atoms with Crippen LogP contribution in [0.1, 0.15) is 31.7 Å². The predicted molar refractivity (Wildman–Crippen MR) is 120 cm³/mol. The van der Waals surface area contributed by atoms with Crippen LogP contribution in [0.3, 0.4) is 0 Å². The van der Waals surface area contributed by atoms with E-state index >= 15 is 0 Å². The molecule has 31 heavy (non-hydrogen) atoms. The van der Waals surface area contributed by atoms with Crippen LogP contribution in [0.2, 0.25) is 0 Å². The number of halogens is 1. The lowest BCUT2D eigenvalue weighted by Crippen LogP contribution is -2.52. The lowest BCUT2D eigenvalue weighted by Gasteiger charge is -2.36. The Kier molecular flexibility index (Phi) is 8.63. The molecule has 8 nitrogen and oxygen atoms in total. The van der Waals surface area contributed by atoms with Crippen molar-refractivity contribution in [2.75, 3.05) is 46.4 Å². The predicted octanol–water partition coefficient (Wildman–Crippen LogP) is 2.16. The van der Waals surface area contributed by atoms with E-state index in [0.717, 1.165) is 82.5 Å². The van der Waals surface area contributed by atoms with Gasteiger partial charge in [-0.25, -0.2) is 4.39 Å². The van der Waals surface area contributed by atoms with Crippen molar-refractivity contribution in [3.8, 4) is 5.75 Å². The Bertz CT molecular complexity index is 846. The summed E-state index contributed by atoms with van der Waals surface area (Å²) in [7, 11) is 1.48. The van der Waals surface area contributed by atoms with Crippen LogP contribution in [0.15, 0.2) is 29.5 Å². The number of benzene rings is 1. The van der Waals surface area contributed by atoms with E-state index < -0.39 is 0 Å². The maximum Gasteiger partial charge on any atom is 0.194 e. The van der Waals surface area contributed by atoms with Crippen molar-refractivity contribution in [2.24, 2.45) is 4.99 Å². The lowest BCUT2D eigenvalue weighted by atomic mass is 10.2. The number of rotatable bonds is 9. The number of guanidine groups is 1. The Labute approximate surface area is 184 Å². The second-order valence-electron chi connectivity index (χ2n) is 7.66. The smallest absolute Gasteiger partial charge is 0.194 e. The van der Waals surface area contributed by atoms with Gasteiger partial charge in [0.05, 0.1) is 7.11 Å². The minimum Gasteiger partial charge on any atom is -0.494 e. The molecule has 0 bridgehead atoms. The van der Waals surface area contributed by atoms with Gasteiger partial charge in [-0.1, -0.05) is 19.9 Å². The first-order valence-electron chi connectivity index (χ1n) is 11.1. The number of nitrogens with one attached hydrogen (secondary N) is 1. The van der Waals surface area contributed by atoms with Crippen LogP contribution in [0, 0.1) is 5.82 Å². The number of hydrogen-bond donors (Lipinski definition) is 1. The molecule has 1 aliphatic heterocycles. The first kappa shape index (κ1) is 23.0. The molecule has 0 amide bonds. The molecular formula is C22H34FN7O. The molecule has 2 aromatic rings. The third-order valence-corrected chi connectivity index (χ3v) is 5.43. The van der Waals surface area contributed by atoms with Gasteiger partial charge in [-0.15, -0.1) is 10.2 Å². The average molecular weight is 432 g/mol. The molecule has 0 radical (unpaired) electrons. The molecule has 1 fully saturated rings. The van der Waals surface area contributed by atoms with Crippen LogP contribution >= 0.6 is 0 Å². The highest BCUT2D eigenvalue weighted by atomic mass is 19.1. The summed E-state index contributed by atoms with van der Waals surface area (Å²) in [4.78, 5) is 9.44. The van der Waals surface area contributed by atoms with Gasteiger partial charge in [-0.05, 0) is 24.1 Å².